The molecule has 3 aromatic rings. The number of hydrogen-bond acceptors (Lipinski definition) is 5. The van der Waals surface area contributed by atoms with E-state index in [1.54, 1.807) is 35.7 Å². The molecule has 0 atom stereocenters. The number of thiophene rings is 1. The number of hydrogen-bond donors (Lipinski definition) is 0. The van der Waals surface area contributed by atoms with Crippen LogP contribution in [-0.2, 0) is 18.4 Å². The van der Waals surface area contributed by atoms with Crippen LogP contribution in [0.25, 0.3) is 10.2 Å². The molecule has 0 N–H and O–H groups in total. The molecule has 0 bridgehead atoms. The number of ether oxygens (including phenoxy) is 1. The first kappa shape index (κ1) is 15.5. The molecule has 1 aromatic carbocycles. The summed E-state index contributed by atoms with van der Waals surface area (Å²) in [7, 11) is 1.50. The largest absolute Gasteiger partial charge is 0.444 e. The Bertz CT molecular complexity index is 1020. The van der Waals surface area contributed by atoms with Gasteiger partial charge in [-0.25, -0.2) is 9.59 Å². The zero-order valence-corrected chi connectivity index (χ0v) is 13.6. The van der Waals surface area contributed by atoms with Crippen molar-refractivity contribution in [2.24, 2.45) is 7.05 Å². The van der Waals surface area contributed by atoms with E-state index in [0.717, 1.165) is 0 Å². The fourth-order valence-electron chi connectivity index (χ4n) is 2.17. The van der Waals surface area contributed by atoms with Crippen LogP contribution in [0.5, 0.6) is 0 Å². The minimum atomic E-state index is -1.01. The van der Waals surface area contributed by atoms with E-state index in [1.807, 2.05) is 0 Å². The summed E-state index contributed by atoms with van der Waals surface area (Å²) in [5.41, 5.74) is -0.756. The van der Waals surface area contributed by atoms with Crippen LogP contribution in [0, 0.1) is 0 Å². The molecule has 23 heavy (non-hydrogen) atoms. The van der Waals surface area contributed by atoms with Crippen molar-refractivity contribution in [2.45, 2.75) is 6.61 Å². The third-order valence-electron chi connectivity index (χ3n) is 3.30. The van der Waals surface area contributed by atoms with Gasteiger partial charge >= 0.3 is 11.8 Å². The lowest BCUT2D eigenvalue weighted by molar-refractivity contribution is 0.139. The Morgan fingerprint density at radius 1 is 1.30 bits per heavy atom. The summed E-state index contributed by atoms with van der Waals surface area (Å²) in [4.78, 5) is 37.2. The second kappa shape index (κ2) is 6.02. The van der Waals surface area contributed by atoms with Crippen molar-refractivity contribution in [1.29, 1.82) is 0 Å². The third-order valence-corrected chi connectivity index (χ3v) is 4.52. The van der Waals surface area contributed by atoms with Gasteiger partial charge in [-0.2, -0.15) is 4.57 Å². The summed E-state index contributed by atoms with van der Waals surface area (Å²) < 4.78 is 6.82. The smallest absolute Gasteiger partial charge is 0.425 e. The monoisotopic (exact) mass is 350 g/mol. The van der Waals surface area contributed by atoms with E-state index >= 15 is 0 Å². The minimum Gasteiger partial charge on any atom is -0.444 e. The van der Waals surface area contributed by atoms with Gasteiger partial charge in [0.2, 0.25) is 0 Å². The lowest BCUT2D eigenvalue weighted by Gasteiger charge is -2.08. The highest BCUT2D eigenvalue weighted by Crippen LogP contribution is 2.15. The van der Waals surface area contributed by atoms with Crippen molar-refractivity contribution in [3.8, 4) is 0 Å². The predicted molar refractivity (Wildman–Crippen MR) is 88.4 cm³/mol. The summed E-state index contributed by atoms with van der Waals surface area (Å²) in [6.07, 6.45) is -1.01. The van der Waals surface area contributed by atoms with Crippen LogP contribution in [0.4, 0.5) is 4.79 Å². The number of carbonyl (C=O) groups excluding carboxylic acids is 1. The van der Waals surface area contributed by atoms with Crippen LogP contribution in [-0.4, -0.2) is 15.2 Å². The van der Waals surface area contributed by atoms with Crippen molar-refractivity contribution in [1.82, 2.24) is 9.13 Å². The lowest BCUT2D eigenvalue weighted by atomic mass is 10.2. The molecule has 2 heterocycles. The molecule has 0 spiro atoms. The van der Waals surface area contributed by atoms with Crippen molar-refractivity contribution in [2.75, 3.05) is 0 Å². The summed E-state index contributed by atoms with van der Waals surface area (Å²) in [5.74, 6) is 0. The van der Waals surface area contributed by atoms with E-state index in [4.69, 9.17) is 16.3 Å². The minimum absolute atomic E-state index is 0.0866. The van der Waals surface area contributed by atoms with Gasteiger partial charge < -0.3 is 4.74 Å². The summed E-state index contributed by atoms with van der Waals surface area (Å²) in [6, 6.07) is 8.34. The maximum Gasteiger partial charge on any atom is 0.425 e. The molecule has 0 unspecified atom stereocenters. The summed E-state index contributed by atoms with van der Waals surface area (Å²) in [5, 5.41) is 2.50. The average Bonchev–Trinajstić information content (AvgIpc) is 3.01. The number of halogens is 1. The van der Waals surface area contributed by atoms with Gasteiger partial charge in [-0.15, -0.1) is 11.3 Å². The predicted octanol–water partition coefficient (Wildman–Crippen LogP) is 2.60. The molecule has 0 fully saturated rings. The van der Waals surface area contributed by atoms with Gasteiger partial charge in [0.1, 0.15) is 11.4 Å². The lowest BCUT2D eigenvalue weighted by Crippen LogP contribution is -2.43. The molecule has 0 radical (unpaired) electrons. The molecular weight excluding hydrogens is 340 g/mol. The molecule has 3 rings (SSSR count). The number of carbonyl (C=O) groups is 1. The molecule has 118 valence electrons. The number of aromatic nitrogens is 2. The SMILES string of the molecule is Cn1c(=O)n(C(=O)OCc2cccc(Cl)c2)c(=O)c2ccsc21. The highest BCUT2D eigenvalue weighted by Gasteiger charge is 2.18. The first-order valence-corrected chi connectivity index (χ1v) is 7.85. The fourth-order valence-corrected chi connectivity index (χ4v) is 3.23. The Morgan fingerprint density at radius 3 is 2.83 bits per heavy atom. The molecule has 8 heteroatoms. The highest BCUT2D eigenvalue weighted by molar-refractivity contribution is 7.16. The highest BCUT2D eigenvalue weighted by atomic mass is 35.5. The van der Waals surface area contributed by atoms with Crippen molar-refractivity contribution >= 4 is 39.2 Å². The quantitative estimate of drug-likeness (QED) is 0.712. The Balaban J connectivity index is 1.95. The van der Waals surface area contributed by atoms with Crippen LogP contribution in [0.3, 0.4) is 0 Å². The normalized spacial score (nSPS) is 10.9. The Hall–Kier alpha value is -2.38. The second-order valence-electron chi connectivity index (χ2n) is 4.81. The van der Waals surface area contributed by atoms with Crippen molar-refractivity contribution < 1.29 is 9.53 Å². The van der Waals surface area contributed by atoms with Gasteiger partial charge in [0.05, 0.1) is 5.39 Å². The first-order valence-electron chi connectivity index (χ1n) is 6.60. The van der Waals surface area contributed by atoms with Crippen LogP contribution in [0.2, 0.25) is 5.02 Å². The van der Waals surface area contributed by atoms with Gasteiger partial charge in [-0.3, -0.25) is 9.36 Å². The molecular formula is C15H11ClN2O4S. The van der Waals surface area contributed by atoms with Gasteiger partial charge in [-0.05, 0) is 29.1 Å². The van der Waals surface area contributed by atoms with E-state index < -0.39 is 17.3 Å². The Kier molecular flexibility index (Phi) is 4.06. The third kappa shape index (κ3) is 2.80. The van der Waals surface area contributed by atoms with Crippen molar-refractivity contribution in [3.05, 3.63) is 67.1 Å². The molecule has 0 saturated carbocycles. The first-order chi connectivity index (χ1) is 11.0. The van der Waals surface area contributed by atoms with Crippen LogP contribution in [0.15, 0.2) is 45.3 Å². The molecule has 0 saturated heterocycles. The number of nitrogens with zero attached hydrogens (tertiary/aromatic N) is 2. The van der Waals surface area contributed by atoms with E-state index in [0.29, 0.717) is 25.4 Å². The van der Waals surface area contributed by atoms with Gasteiger partial charge in [-0.1, -0.05) is 23.7 Å². The molecule has 0 aliphatic heterocycles. The fraction of sp³-hybridized carbons (Fsp3) is 0.133. The number of fused-ring (bicyclic) bond motifs is 1. The van der Waals surface area contributed by atoms with Gasteiger partial charge in [0.15, 0.2) is 0 Å². The van der Waals surface area contributed by atoms with Crippen molar-refractivity contribution in [3.63, 3.8) is 0 Å². The van der Waals surface area contributed by atoms with E-state index in [-0.39, 0.29) is 6.61 Å². The number of aryl methyl sites for hydroxylation is 1. The molecule has 0 amide bonds. The maximum atomic E-state index is 12.3. The number of benzene rings is 1. The summed E-state index contributed by atoms with van der Waals surface area (Å²) >= 11 is 7.11. The van der Waals surface area contributed by atoms with E-state index in [2.05, 4.69) is 0 Å². The van der Waals surface area contributed by atoms with Crippen LogP contribution < -0.4 is 11.2 Å². The van der Waals surface area contributed by atoms with E-state index in [9.17, 15) is 14.4 Å². The van der Waals surface area contributed by atoms with Crippen LogP contribution in [0.1, 0.15) is 5.56 Å². The zero-order chi connectivity index (χ0) is 16.6. The topological polar surface area (TPSA) is 70.3 Å². The standard InChI is InChI=1S/C15H11ClN2O4S/c1-17-13-11(5-6-23-13)12(19)18(14(17)20)15(21)22-8-9-3-2-4-10(16)7-9/h2-7H,8H2,1H3. The molecule has 0 aliphatic rings. The van der Waals surface area contributed by atoms with Gasteiger partial charge in [0, 0.05) is 12.1 Å². The second-order valence-corrected chi connectivity index (χ2v) is 6.14. The molecule has 2 aromatic heterocycles. The Morgan fingerprint density at radius 2 is 2.09 bits per heavy atom. The van der Waals surface area contributed by atoms with Gasteiger partial charge in [0.25, 0.3) is 5.56 Å². The molecule has 6 nitrogen and oxygen atoms in total. The zero-order valence-electron chi connectivity index (χ0n) is 12.0. The van der Waals surface area contributed by atoms with E-state index in [1.165, 1.54) is 23.0 Å². The van der Waals surface area contributed by atoms with Crippen LogP contribution >= 0.6 is 22.9 Å². The average molecular weight is 351 g/mol. The maximum absolute atomic E-state index is 12.3. The Labute approximate surface area is 139 Å². The number of rotatable bonds is 2. The molecule has 0 aliphatic carbocycles. The summed E-state index contributed by atoms with van der Waals surface area (Å²) in [6.45, 7) is -0.0866.